The molecule has 80 valence electrons. The minimum absolute atomic E-state index is 0.134. The minimum Gasteiger partial charge on any atom is -0.335 e. The van der Waals surface area contributed by atoms with Crippen LogP contribution in [0.1, 0.15) is 6.92 Å². The Labute approximate surface area is 96.9 Å². The molecule has 1 heterocycles. The first kappa shape index (κ1) is 10.8. The highest BCUT2D eigenvalue weighted by Gasteiger charge is 2.15. The number of hydrogen-bond donors (Lipinski definition) is 1. The van der Waals surface area contributed by atoms with Crippen molar-refractivity contribution in [3.05, 3.63) is 29.0 Å². The van der Waals surface area contributed by atoms with Gasteiger partial charge in [-0.25, -0.2) is 4.39 Å². The molecule has 1 N–H and O–H groups in total. The molecule has 0 aliphatic carbocycles. The van der Waals surface area contributed by atoms with Gasteiger partial charge in [0.2, 0.25) is 0 Å². The maximum Gasteiger partial charge on any atom is 0.161 e. The predicted molar refractivity (Wildman–Crippen MR) is 64.4 cm³/mol. The number of thioether (sulfide) groups is 1. The summed E-state index contributed by atoms with van der Waals surface area (Å²) in [4.78, 5) is 4.28. The molecular weight excluding hydrogens is 235 g/mol. The quantitative estimate of drug-likeness (QED) is 0.819. The lowest BCUT2D eigenvalue weighted by molar-refractivity contribution is 0.629. The summed E-state index contributed by atoms with van der Waals surface area (Å²) in [6.07, 6.45) is 0. The van der Waals surface area contributed by atoms with Crippen molar-refractivity contribution in [1.82, 2.24) is 0 Å². The molecule has 2 nitrogen and oxygen atoms in total. The van der Waals surface area contributed by atoms with Gasteiger partial charge in [0.05, 0.1) is 11.6 Å². The predicted octanol–water partition coefficient (Wildman–Crippen LogP) is 3.38. The van der Waals surface area contributed by atoms with E-state index in [1.54, 1.807) is 17.8 Å². The van der Waals surface area contributed by atoms with Crippen LogP contribution in [0.15, 0.2) is 23.2 Å². The molecule has 0 aromatic heterocycles. The lowest BCUT2D eigenvalue weighted by Gasteiger charge is -2.06. The second-order valence-corrected chi connectivity index (χ2v) is 5.16. The number of nitrogens with one attached hydrogen (secondary N) is 1. The van der Waals surface area contributed by atoms with Crippen molar-refractivity contribution < 1.29 is 4.39 Å². The Kier molecular flexibility index (Phi) is 3.17. The van der Waals surface area contributed by atoms with Crippen molar-refractivity contribution in [3.8, 4) is 0 Å². The molecule has 2 rings (SSSR count). The largest absolute Gasteiger partial charge is 0.335 e. The standard InChI is InChI=1S/C10H10ClFN2S/c1-6-5-13-10(15-6)14-7-2-3-8(11)9(12)4-7/h2-4,6H,5H2,1H3,(H,13,14). The maximum absolute atomic E-state index is 13.1. The van der Waals surface area contributed by atoms with Gasteiger partial charge in [0.15, 0.2) is 5.17 Å². The van der Waals surface area contributed by atoms with Crippen molar-refractivity contribution in [3.63, 3.8) is 0 Å². The number of aliphatic imine (C=N–C) groups is 1. The monoisotopic (exact) mass is 244 g/mol. The molecule has 1 atom stereocenters. The first-order valence-electron chi connectivity index (χ1n) is 4.58. The third-order valence-electron chi connectivity index (χ3n) is 1.98. The third kappa shape index (κ3) is 2.63. The van der Waals surface area contributed by atoms with Crippen molar-refractivity contribution >= 4 is 34.2 Å². The second kappa shape index (κ2) is 4.41. The fraction of sp³-hybridized carbons (Fsp3) is 0.300. The SMILES string of the molecule is CC1CN=C(Nc2ccc(Cl)c(F)c2)S1. The average Bonchev–Trinajstić information content (AvgIpc) is 2.58. The Balaban J connectivity index is 2.08. The van der Waals surface area contributed by atoms with Gasteiger partial charge in [0.1, 0.15) is 5.82 Å². The molecular formula is C10H10ClFN2S. The first-order valence-corrected chi connectivity index (χ1v) is 5.84. The van der Waals surface area contributed by atoms with Crippen molar-refractivity contribution in [2.75, 3.05) is 11.9 Å². The van der Waals surface area contributed by atoms with Crippen LogP contribution in [0.5, 0.6) is 0 Å². The molecule has 1 aliphatic heterocycles. The van der Waals surface area contributed by atoms with Gasteiger partial charge in [-0.2, -0.15) is 0 Å². The van der Waals surface area contributed by atoms with Gasteiger partial charge in [-0.15, -0.1) is 0 Å². The Morgan fingerprint density at radius 3 is 3.00 bits per heavy atom. The number of hydrogen-bond acceptors (Lipinski definition) is 3. The van der Waals surface area contributed by atoms with Crippen LogP contribution in [0, 0.1) is 5.82 Å². The van der Waals surface area contributed by atoms with Crippen molar-refractivity contribution in [2.45, 2.75) is 12.2 Å². The van der Waals surface area contributed by atoms with Crippen LogP contribution in [0.25, 0.3) is 0 Å². The Hall–Kier alpha value is -0.740. The summed E-state index contributed by atoms with van der Waals surface area (Å²) in [7, 11) is 0. The van der Waals surface area contributed by atoms with Crippen LogP contribution in [-0.4, -0.2) is 17.0 Å². The van der Waals surface area contributed by atoms with E-state index in [0.717, 1.165) is 11.7 Å². The van der Waals surface area contributed by atoms with E-state index in [0.29, 0.717) is 10.9 Å². The van der Waals surface area contributed by atoms with E-state index in [9.17, 15) is 4.39 Å². The smallest absolute Gasteiger partial charge is 0.161 e. The molecule has 1 aromatic rings. The summed E-state index contributed by atoms with van der Waals surface area (Å²) in [6, 6.07) is 4.63. The highest BCUT2D eigenvalue weighted by molar-refractivity contribution is 8.15. The van der Waals surface area contributed by atoms with Gasteiger partial charge in [0.25, 0.3) is 0 Å². The Morgan fingerprint density at radius 2 is 2.40 bits per heavy atom. The van der Waals surface area contributed by atoms with Crippen LogP contribution < -0.4 is 5.32 Å². The highest BCUT2D eigenvalue weighted by Crippen LogP contribution is 2.24. The molecule has 5 heteroatoms. The van der Waals surface area contributed by atoms with E-state index in [1.165, 1.54) is 12.1 Å². The number of halogens is 2. The number of benzene rings is 1. The van der Waals surface area contributed by atoms with Crippen LogP contribution in [0.4, 0.5) is 10.1 Å². The lowest BCUT2D eigenvalue weighted by atomic mass is 10.3. The summed E-state index contributed by atoms with van der Waals surface area (Å²) < 4.78 is 13.1. The molecule has 0 fully saturated rings. The molecule has 1 aromatic carbocycles. The first-order chi connectivity index (χ1) is 7.15. The number of rotatable bonds is 1. The van der Waals surface area contributed by atoms with Crippen LogP contribution in [0.3, 0.4) is 0 Å². The zero-order valence-corrected chi connectivity index (χ0v) is 9.70. The van der Waals surface area contributed by atoms with E-state index < -0.39 is 5.82 Å². The topological polar surface area (TPSA) is 24.4 Å². The van der Waals surface area contributed by atoms with E-state index in [4.69, 9.17) is 11.6 Å². The highest BCUT2D eigenvalue weighted by atomic mass is 35.5. The Bertz CT molecular complexity index is 408. The molecule has 15 heavy (non-hydrogen) atoms. The summed E-state index contributed by atoms with van der Waals surface area (Å²) in [6.45, 7) is 2.91. The van der Waals surface area contributed by atoms with Gasteiger partial charge >= 0.3 is 0 Å². The summed E-state index contributed by atoms with van der Waals surface area (Å²) in [5.74, 6) is -0.418. The van der Waals surface area contributed by atoms with Gasteiger partial charge in [-0.3, -0.25) is 4.99 Å². The molecule has 0 saturated heterocycles. The Morgan fingerprint density at radius 1 is 1.60 bits per heavy atom. The van der Waals surface area contributed by atoms with E-state index in [-0.39, 0.29) is 5.02 Å². The van der Waals surface area contributed by atoms with Crippen LogP contribution in [0.2, 0.25) is 5.02 Å². The summed E-state index contributed by atoms with van der Waals surface area (Å²) >= 11 is 7.24. The molecule has 1 aliphatic rings. The molecule has 0 radical (unpaired) electrons. The van der Waals surface area contributed by atoms with E-state index >= 15 is 0 Å². The molecule has 0 saturated carbocycles. The van der Waals surface area contributed by atoms with E-state index in [2.05, 4.69) is 17.2 Å². The minimum atomic E-state index is -0.418. The number of anilines is 1. The second-order valence-electron chi connectivity index (χ2n) is 3.33. The lowest BCUT2D eigenvalue weighted by Crippen LogP contribution is -2.06. The number of amidine groups is 1. The molecule has 1 unspecified atom stereocenters. The third-order valence-corrected chi connectivity index (χ3v) is 3.29. The van der Waals surface area contributed by atoms with Gasteiger partial charge < -0.3 is 5.32 Å². The van der Waals surface area contributed by atoms with Crippen LogP contribution in [-0.2, 0) is 0 Å². The molecule has 0 bridgehead atoms. The molecule has 0 spiro atoms. The van der Waals surface area contributed by atoms with Gasteiger partial charge in [-0.1, -0.05) is 30.3 Å². The summed E-state index contributed by atoms with van der Waals surface area (Å²) in [5, 5.41) is 4.52. The fourth-order valence-electron chi connectivity index (χ4n) is 1.24. The zero-order chi connectivity index (χ0) is 10.8. The van der Waals surface area contributed by atoms with Gasteiger partial charge in [0, 0.05) is 10.9 Å². The fourth-order valence-corrected chi connectivity index (χ4v) is 2.22. The van der Waals surface area contributed by atoms with Gasteiger partial charge in [-0.05, 0) is 18.2 Å². The average molecular weight is 245 g/mol. The van der Waals surface area contributed by atoms with Crippen molar-refractivity contribution in [1.29, 1.82) is 0 Å². The zero-order valence-electron chi connectivity index (χ0n) is 8.13. The summed E-state index contributed by atoms with van der Waals surface area (Å²) in [5.41, 5.74) is 0.678. The van der Waals surface area contributed by atoms with Crippen LogP contribution >= 0.6 is 23.4 Å². The molecule has 0 amide bonds. The van der Waals surface area contributed by atoms with Crippen molar-refractivity contribution in [2.24, 2.45) is 4.99 Å². The maximum atomic E-state index is 13.1. The number of nitrogens with zero attached hydrogens (tertiary/aromatic N) is 1. The normalized spacial score (nSPS) is 20.2. The van der Waals surface area contributed by atoms with E-state index in [1.807, 2.05) is 0 Å².